The highest BCUT2D eigenvalue weighted by atomic mass is 16.4. The van der Waals surface area contributed by atoms with Gasteiger partial charge in [-0.05, 0) is 44.6 Å². The van der Waals surface area contributed by atoms with Gasteiger partial charge in [-0.2, -0.15) is 0 Å². The Labute approximate surface area is 163 Å². The number of aryl methyl sites for hydroxylation is 1. The highest BCUT2D eigenvalue weighted by Gasteiger charge is 2.30. The first-order valence-corrected chi connectivity index (χ1v) is 10.1. The molecule has 3 heterocycles. The number of hydrogen-bond donors (Lipinski definition) is 2. The summed E-state index contributed by atoms with van der Waals surface area (Å²) >= 11 is 0. The lowest BCUT2D eigenvalue weighted by molar-refractivity contribution is -0.142. The Bertz CT molecular complexity index is 864. The number of carboxylic acids is 1. The van der Waals surface area contributed by atoms with Crippen LogP contribution in [0.2, 0.25) is 0 Å². The van der Waals surface area contributed by atoms with E-state index in [1.807, 2.05) is 18.0 Å². The number of nitrogens with one attached hydrogen (secondary N) is 1. The number of likely N-dealkylation sites (tertiary alicyclic amines) is 1. The van der Waals surface area contributed by atoms with Crippen molar-refractivity contribution in [3.05, 3.63) is 24.3 Å². The lowest BCUT2D eigenvalue weighted by atomic mass is 9.86. The molecular weight excluding hydrogens is 358 g/mol. The van der Waals surface area contributed by atoms with Gasteiger partial charge in [0, 0.05) is 38.3 Å². The maximum atomic E-state index is 12.6. The first-order chi connectivity index (χ1) is 13.5. The molecule has 0 bridgehead atoms. The van der Waals surface area contributed by atoms with E-state index in [4.69, 9.17) is 10.1 Å². The molecule has 150 valence electrons. The van der Waals surface area contributed by atoms with Gasteiger partial charge in [0.1, 0.15) is 11.3 Å². The molecule has 4 rings (SSSR count). The maximum absolute atomic E-state index is 12.6. The van der Waals surface area contributed by atoms with E-state index in [-0.39, 0.29) is 18.0 Å². The van der Waals surface area contributed by atoms with Gasteiger partial charge in [0.05, 0.1) is 17.6 Å². The number of carboxylic acid groups (broad SMARTS) is 1. The van der Waals surface area contributed by atoms with Gasteiger partial charge in [0.2, 0.25) is 0 Å². The molecule has 1 saturated carbocycles. The molecule has 2 fully saturated rings. The number of aliphatic carboxylic acids is 1. The Balaban J connectivity index is 1.31. The molecular formula is C20H27N5O3. The average Bonchev–Trinajstić information content (AvgIpc) is 3.05. The van der Waals surface area contributed by atoms with Crippen molar-refractivity contribution in [1.29, 1.82) is 0 Å². The van der Waals surface area contributed by atoms with E-state index in [1.54, 1.807) is 12.4 Å². The minimum Gasteiger partial charge on any atom is -0.481 e. The molecule has 8 nitrogen and oxygen atoms in total. The number of imidazole rings is 1. The molecule has 1 aliphatic carbocycles. The second-order valence-corrected chi connectivity index (χ2v) is 7.99. The van der Waals surface area contributed by atoms with Crippen molar-refractivity contribution in [2.75, 3.05) is 13.1 Å². The standard InChI is InChI=1S/C20H27N5O3/c1-24-17-6-9-21-12-16(17)23-18(24)13-7-10-25(11-8-13)20(28)22-15-4-2-14(3-5-15)19(26)27/h6,9,12-15H,2-5,7-8,10-11H2,1H3,(H,22,28)(H,26,27). The molecule has 0 aromatic carbocycles. The zero-order chi connectivity index (χ0) is 19.7. The van der Waals surface area contributed by atoms with Crippen LogP contribution in [0.15, 0.2) is 18.5 Å². The number of amides is 2. The molecule has 0 unspecified atom stereocenters. The normalized spacial score (nSPS) is 23.7. The number of hydrogen-bond acceptors (Lipinski definition) is 4. The summed E-state index contributed by atoms with van der Waals surface area (Å²) < 4.78 is 2.14. The van der Waals surface area contributed by atoms with Gasteiger partial charge in [0.25, 0.3) is 0 Å². The highest BCUT2D eigenvalue weighted by Crippen LogP contribution is 2.30. The van der Waals surface area contributed by atoms with Crippen LogP contribution in [-0.2, 0) is 11.8 Å². The van der Waals surface area contributed by atoms with Crippen LogP contribution in [0.4, 0.5) is 4.79 Å². The summed E-state index contributed by atoms with van der Waals surface area (Å²) in [4.78, 5) is 34.4. The van der Waals surface area contributed by atoms with E-state index in [0.29, 0.717) is 31.8 Å². The van der Waals surface area contributed by atoms with Gasteiger partial charge < -0.3 is 19.9 Å². The Morgan fingerprint density at radius 1 is 1.14 bits per heavy atom. The van der Waals surface area contributed by atoms with Crippen molar-refractivity contribution in [2.45, 2.75) is 50.5 Å². The van der Waals surface area contributed by atoms with Crippen LogP contribution in [-0.4, -0.2) is 55.7 Å². The second-order valence-electron chi connectivity index (χ2n) is 7.99. The van der Waals surface area contributed by atoms with Crippen LogP contribution >= 0.6 is 0 Å². The SMILES string of the molecule is Cn1c(C2CCN(C(=O)NC3CCC(C(=O)O)CC3)CC2)nc2cnccc21. The fourth-order valence-corrected chi connectivity index (χ4v) is 4.53. The van der Waals surface area contributed by atoms with Gasteiger partial charge >= 0.3 is 12.0 Å². The molecule has 2 aromatic heterocycles. The molecule has 2 aliphatic rings. The Morgan fingerprint density at radius 3 is 2.50 bits per heavy atom. The fourth-order valence-electron chi connectivity index (χ4n) is 4.53. The summed E-state index contributed by atoms with van der Waals surface area (Å²) in [6.45, 7) is 1.42. The third kappa shape index (κ3) is 3.68. The summed E-state index contributed by atoms with van der Waals surface area (Å²) in [5, 5.41) is 12.2. The Hall–Kier alpha value is -2.64. The first kappa shape index (κ1) is 18.7. The predicted octanol–water partition coefficient (Wildman–Crippen LogP) is 2.50. The van der Waals surface area contributed by atoms with E-state index in [2.05, 4.69) is 14.9 Å². The van der Waals surface area contributed by atoms with Crippen molar-refractivity contribution in [2.24, 2.45) is 13.0 Å². The summed E-state index contributed by atoms with van der Waals surface area (Å²) in [5.41, 5.74) is 2.00. The van der Waals surface area contributed by atoms with Crippen LogP contribution in [0.1, 0.15) is 50.3 Å². The Kier molecular flexibility index (Phi) is 5.19. The number of rotatable bonds is 3. The second kappa shape index (κ2) is 7.77. The molecule has 0 atom stereocenters. The largest absolute Gasteiger partial charge is 0.481 e. The number of carbonyl (C=O) groups excluding carboxylic acids is 1. The van der Waals surface area contributed by atoms with Gasteiger partial charge in [-0.3, -0.25) is 9.78 Å². The number of carbonyl (C=O) groups is 2. The van der Waals surface area contributed by atoms with E-state index in [0.717, 1.165) is 42.5 Å². The van der Waals surface area contributed by atoms with E-state index in [1.165, 1.54) is 0 Å². The van der Waals surface area contributed by atoms with Crippen molar-refractivity contribution in [3.63, 3.8) is 0 Å². The number of urea groups is 1. The number of fused-ring (bicyclic) bond motifs is 1. The highest BCUT2D eigenvalue weighted by molar-refractivity contribution is 5.75. The van der Waals surface area contributed by atoms with Crippen LogP contribution in [0.25, 0.3) is 11.0 Å². The van der Waals surface area contributed by atoms with Gasteiger partial charge in [-0.15, -0.1) is 0 Å². The molecule has 2 amide bonds. The smallest absolute Gasteiger partial charge is 0.317 e. The van der Waals surface area contributed by atoms with E-state index in [9.17, 15) is 9.59 Å². The minimum atomic E-state index is -0.718. The lowest BCUT2D eigenvalue weighted by Crippen LogP contribution is -2.48. The zero-order valence-electron chi connectivity index (χ0n) is 16.2. The van der Waals surface area contributed by atoms with Crippen LogP contribution in [0.3, 0.4) is 0 Å². The molecule has 28 heavy (non-hydrogen) atoms. The van der Waals surface area contributed by atoms with Crippen molar-refractivity contribution in [3.8, 4) is 0 Å². The summed E-state index contributed by atoms with van der Waals surface area (Å²) in [5.74, 6) is 0.430. The molecule has 1 aliphatic heterocycles. The maximum Gasteiger partial charge on any atom is 0.317 e. The first-order valence-electron chi connectivity index (χ1n) is 10.1. The summed E-state index contributed by atoms with van der Waals surface area (Å²) in [6.07, 6.45) is 8.13. The molecule has 8 heteroatoms. The topological polar surface area (TPSA) is 100 Å². The molecule has 2 N–H and O–H groups in total. The van der Waals surface area contributed by atoms with E-state index < -0.39 is 5.97 Å². The molecule has 0 spiro atoms. The number of nitrogens with zero attached hydrogens (tertiary/aromatic N) is 4. The molecule has 2 aromatic rings. The quantitative estimate of drug-likeness (QED) is 0.845. The van der Waals surface area contributed by atoms with E-state index >= 15 is 0 Å². The Morgan fingerprint density at radius 2 is 1.86 bits per heavy atom. The number of pyridine rings is 1. The molecule has 0 radical (unpaired) electrons. The monoisotopic (exact) mass is 385 g/mol. The fraction of sp³-hybridized carbons (Fsp3) is 0.600. The predicted molar refractivity (Wildman–Crippen MR) is 104 cm³/mol. The zero-order valence-corrected chi connectivity index (χ0v) is 16.2. The number of aromatic nitrogens is 3. The average molecular weight is 385 g/mol. The van der Waals surface area contributed by atoms with Gasteiger partial charge in [0.15, 0.2) is 0 Å². The lowest BCUT2D eigenvalue weighted by Gasteiger charge is -2.34. The summed E-state index contributed by atoms with van der Waals surface area (Å²) in [7, 11) is 2.04. The van der Waals surface area contributed by atoms with Crippen LogP contribution in [0, 0.1) is 5.92 Å². The van der Waals surface area contributed by atoms with Gasteiger partial charge in [-0.1, -0.05) is 0 Å². The minimum absolute atomic E-state index is 0.0218. The van der Waals surface area contributed by atoms with Crippen LogP contribution < -0.4 is 5.32 Å². The van der Waals surface area contributed by atoms with Crippen molar-refractivity contribution >= 4 is 23.0 Å². The van der Waals surface area contributed by atoms with Crippen molar-refractivity contribution in [1.82, 2.24) is 24.8 Å². The third-order valence-corrected chi connectivity index (χ3v) is 6.27. The van der Waals surface area contributed by atoms with Crippen molar-refractivity contribution < 1.29 is 14.7 Å². The number of piperidine rings is 1. The van der Waals surface area contributed by atoms with Gasteiger partial charge in [-0.25, -0.2) is 9.78 Å². The summed E-state index contributed by atoms with van der Waals surface area (Å²) in [6, 6.07) is 2.05. The van der Waals surface area contributed by atoms with Crippen LogP contribution in [0.5, 0.6) is 0 Å². The molecule has 1 saturated heterocycles. The third-order valence-electron chi connectivity index (χ3n) is 6.27.